The van der Waals surface area contributed by atoms with Crippen molar-refractivity contribution in [3.05, 3.63) is 30.1 Å². The third-order valence-electron chi connectivity index (χ3n) is 4.12. The highest BCUT2D eigenvalue weighted by Gasteiger charge is 2.50. The maximum Gasteiger partial charge on any atom is 0.246 e. The first-order valence-electron chi connectivity index (χ1n) is 6.71. The molecule has 0 bridgehead atoms. The minimum absolute atomic E-state index is 0.000492. The molecule has 0 aromatic carbocycles. The van der Waals surface area contributed by atoms with Gasteiger partial charge in [0.1, 0.15) is 5.54 Å². The Morgan fingerprint density at radius 1 is 1.26 bits per heavy atom. The first kappa shape index (κ1) is 12.1. The summed E-state index contributed by atoms with van der Waals surface area (Å²) in [5, 5.41) is 2.73. The normalized spacial score (nSPS) is 21.8. The number of nitrogens with zero attached hydrogens (tertiary/aromatic N) is 2. The Bertz CT molecular complexity index is 495. The standard InChI is InChI=1S/C14H17N3O2/c18-12-9-16-13(19)14(6-2-3-7-14)17(12)10-11-5-1-4-8-15-11/h1,4-5,8H,2-3,6-7,9-10H2,(H,16,19). The molecular formula is C14H17N3O2. The van der Waals surface area contributed by atoms with Gasteiger partial charge in [-0.05, 0) is 25.0 Å². The second-order valence-electron chi connectivity index (χ2n) is 5.22. The predicted octanol–water partition coefficient (Wildman–Crippen LogP) is 0.853. The van der Waals surface area contributed by atoms with Crippen LogP contribution in [0.2, 0.25) is 0 Å². The van der Waals surface area contributed by atoms with Gasteiger partial charge in [0.05, 0.1) is 18.8 Å². The summed E-state index contributed by atoms with van der Waals surface area (Å²) in [5.74, 6) is -0.00677. The van der Waals surface area contributed by atoms with Crippen LogP contribution in [0.4, 0.5) is 0 Å². The number of hydrogen-bond donors (Lipinski definition) is 1. The molecule has 1 aromatic rings. The Kier molecular flexibility index (Phi) is 2.97. The number of hydrogen-bond acceptors (Lipinski definition) is 3. The summed E-state index contributed by atoms with van der Waals surface area (Å²) in [4.78, 5) is 30.4. The van der Waals surface area contributed by atoms with E-state index in [1.54, 1.807) is 11.1 Å². The van der Waals surface area contributed by atoms with Crippen LogP contribution in [0.25, 0.3) is 0 Å². The van der Waals surface area contributed by atoms with Gasteiger partial charge in [0, 0.05) is 6.20 Å². The van der Waals surface area contributed by atoms with Gasteiger partial charge in [0.2, 0.25) is 11.8 Å². The molecule has 2 fully saturated rings. The molecule has 0 unspecified atom stereocenters. The van der Waals surface area contributed by atoms with Crippen molar-refractivity contribution in [1.29, 1.82) is 0 Å². The molecule has 5 heteroatoms. The van der Waals surface area contributed by atoms with Crippen molar-refractivity contribution >= 4 is 11.8 Å². The molecule has 0 radical (unpaired) electrons. The van der Waals surface area contributed by atoms with E-state index in [-0.39, 0.29) is 18.4 Å². The van der Waals surface area contributed by atoms with E-state index in [4.69, 9.17) is 0 Å². The van der Waals surface area contributed by atoms with Crippen molar-refractivity contribution in [2.75, 3.05) is 6.54 Å². The van der Waals surface area contributed by atoms with Crippen LogP contribution >= 0.6 is 0 Å². The molecular weight excluding hydrogens is 242 g/mol. The first-order chi connectivity index (χ1) is 9.22. The van der Waals surface area contributed by atoms with Crippen LogP contribution in [-0.4, -0.2) is 33.8 Å². The highest BCUT2D eigenvalue weighted by molar-refractivity contribution is 5.98. The molecule has 1 spiro atoms. The fraction of sp³-hybridized carbons (Fsp3) is 0.500. The zero-order valence-electron chi connectivity index (χ0n) is 10.8. The molecule has 1 aliphatic carbocycles. The maximum atomic E-state index is 12.2. The zero-order valence-corrected chi connectivity index (χ0v) is 10.8. The lowest BCUT2D eigenvalue weighted by Gasteiger charge is -2.43. The van der Waals surface area contributed by atoms with E-state index < -0.39 is 5.54 Å². The maximum absolute atomic E-state index is 12.2. The largest absolute Gasteiger partial charge is 0.345 e. The molecule has 1 aliphatic heterocycles. The van der Waals surface area contributed by atoms with Gasteiger partial charge in [-0.25, -0.2) is 0 Å². The number of rotatable bonds is 2. The van der Waals surface area contributed by atoms with Gasteiger partial charge in [-0.1, -0.05) is 18.9 Å². The highest BCUT2D eigenvalue weighted by atomic mass is 16.2. The Morgan fingerprint density at radius 3 is 2.74 bits per heavy atom. The third-order valence-corrected chi connectivity index (χ3v) is 4.12. The van der Waals surface area contributed by atoms with Crippen LogP contribution in [0.1, 0.15) is 31.4 Å². The molecule has 2 amide bonds. The summed E-state index contributed by atoms with van der Waals surface area (Å²) < 4.78 is 0. The summed E-state index contributed by atoms with van der Waals surface area (Å²) in [6.45, 7) is 0.528. The van der Waals surface area contributed by atoms with Crippen LogP contribution < -0.4 is 5.32 Å². The summed E-state index contributed by atoms with van der Waals surface area (Å²) >= 11 is 0. The van der Waals surface area contributed by atoms with Gasteiger partial charge in [-0.2, -0.15) is 0 Å². The van der Waals surface area contributed by atoms with E-state index in [1.165, 1.54) is 0 Å². The second kappa shape index (κ2) is 4.64. The van der Waals surface area contributed by atoms with Gasteiger partial charge in [-0.15, -0.1) is 0 Å². The van der Waals surface area contributed by atoms with E-state index in [1.807, 2.05) is 18.2 Å². The summed E-state index contributed by atoms with van der Waals surface area (Å²) in [7, 11) is 0. The van der Waals surface area contributed by atoms with Crippen molar-refractivity contribution in [3.8, 4) is 0 Å². The molecule has 2 aliphatic rings. The Morgan fingerprint density at radius 2 is 2.05 bits per heavy atom. The van der Waals surface area contributed by atoms with Crippen LogP contribution in [0.15, 0.2) is 24.4 Å². The van der Waals surface area contributed by atoms with Crippen LogP contribution in [0, 0.1) is 0 Å². The number of carbonyl (C=O) groups is 2. The summed E-state index contributed by atoms with van der Waals surface area (Å²) in [6.07, 6.45) is 5.23. The number of nitrogens with one attached hydrogen (secondary N) is 1. The van der Waals surface area contributed by atoms with Crippen LogP contribution in [-0.2, 0) is 16.1 Å². The van der Waals surface area contributed by atoms with E-state index in [0.29, 0.717) is 6.54 Å². The van der Waals surface area contributed by atoms with Gasteiger partial charge in [-0.3, -0.25) is 14.6 Å². The molecule has 1 aromatic heterocycles. The summed E-state index contributed by atoms with van der Waals surface area (Å²) in [5.41, 5.74) is 0.198. The van der Waals surface area contributed by atoms with E-state index >= 15 is 0 Å². The number of aromatic nitrogens is 1. The highest BCUT2D eigenvalue weighted by Crippen LogP contribution is 2.37. The van der Waals surface area contributed by atoms with Crippen molar-refractivity contribution < 1.29 is 9.59 Å². The average molecular weight is 259 g/mol. The predicted molar refractivity (Wildman–Crippen MR) is 69.0 cm³/mol. The molecule has 19 heavy (non-hydrogen) atoms. The van der Waals surface area contributed by atoms with E-state index in [9.17, 15) is 9.59 Å². The van der Waals surface area contributed by atoms with Crippen molar-refractivity contribution in [2.45, 2.75) is 37.8 Å². The number of amides is 2. The number of carbonyl (C=O) groups excluding carboxylic acids is 2. The average Bonchev–Trinajstić information content (AvgIpc) is 2.91. The quantitative estimate of drug-likeness (QED) is 0.856. The van der Waals surface area contributed by atoms with Crippen molar-refractivity contribution in [2.24, 2.45) is 0 Å². The molecule has 1 N–H and O–H groups in total. The molecule has 1 saturated heterocycles. The smallest absolute Gasteiger partial charge is 0.246 e. The molecule has 2 heterocycles. The first-order valence-corrected chi connectivity index (χ1v) is 6.71. The van der Waals surface area contributed by atoms with Crippen LogP contribution in [0.5, 0.6) is 0 Å². The van der Waals surface area contributed by atoms with Gasteiger partial charge in [0.25, 0.3) is 0 Å². The van der Waals surface area contributed by atoms with E-state index in [0.717, 1.165) is 31.4 Å². The molecule has 5 nitrogen and oxygen atoms in total. The zero-order chi connectivity index (χ0) is 13.3. The minimum Gasteiger partial charge on any atom is -0.345 e. The monoisotopic (exact) mass is 259 g/mol. The SMILES string of the molecule is O=C1CNC(=O)C2(CCCC2)N1Cc1ccccn1. The van der Waals surface area contributed by atoms with Crippen LogP contribution in [0.3, 0.4) is 0 Å². The molecule has 3 rings (SSSR count). The van der Waals surface area contributed by atoms with Gasteiger partial charge >= 0.3 is 0 Å². The van der Waals surface area contributed by atoms with Crippen molar-refractivity contribution in [3.63, 3.8) is 0 Å². The number of pyridine rings is 1. The topological polar surface area (TPSA) is 62.3 Å². The van der Waals surface area contributed by atoms with Crippen molar-refractivity contribution in [1.82, 2.24) is 15.2 Å². The second-order valence-corrected chi connectivity index (χ2v) is 5.22. The summed E-state index contributed by atoms with van der Waals surface area (Å²) in [6, 6.07) is 5.64. The third kappa shape index (κ3) is 1.99. The molecule has 0 atom stereocenters. The minimum atomic E-state index is -0.632. The Balaban J connectivity index is 1.91. The molecule has 100 valence electrons. The Hall–Kier alpha value is -1.91. The fourth-order valence-corrected chi connectivity index (χ4v) is 3.13. The van der Waals surface area contributed by atoms with Gasteiger partial charge in [0.15, 0.2) is 0 Å². The lowest BCUT2D eigenvalue weighted by Crippen LogP contribution is -2.65. The fourth-order valence-electron chi connectivity index (χ4n) is 3.13. The van der Waals surface area contributed by atoms with E-state index in [2.05, 4.69) is 10.3 Å². The number of piperazine rings is 1. The lowest BCUT2D eigenvalue weighted by molar-refractivity contribution is -0.154. The Labute approximate surface area is 112 Å². The van der Waals surface area contributed by atoms with Gasteiger partial charge < -0.3 is 10.2 Å². The molecule has 1 saturated carbocycles. The lowest BCUT2D eigenvalue weighted by atomic mass is 9.91.